The van der Waals surface area contributed by atoms with Crippen LogP contribution >= 0.6 is 0 Å². The quantitative estimate of drug-likeness (QED) is 0.887. The van der Waals surface area contributed by atoms with Crippen LogP contribution in [0.5, 0.6) is 0 Å². The average Bonchev–Trinajstić information content (AvgIpc) is 2.40. The molecule has 1 aliphatic heterocycles. The average molecular weight is 292 g/mol. The lowest BCUT2D eigenvalue weighted by Gasteiger charge is -2.48. The van der Waals surface area contributed by atoms with Crippen molar-refractivity contribution < 1.29 is 4.39 Å². The zero-order chi connectivity index (χ0) is 15.8. The summed E-state index contributed by atoms with van der Waals surface area (Å²) in [5.74, 6) is 0.418. The van der Waals surface area contributed by atoms with Gasteiger partial charge in [0.05, 0.1) is 0 Å². The van der Waals surface area contributed by atoms with E-state index in [1.54, 1.807) is 6.07 Å². The van der Waals surface area contributed by atoms with E-state index < -0.39 is 0 Å². The van der Waals surface area contributed by atoms with Crippen molar-refractivity contribution in [3.63, 3.8) is 0 Å². The molecule has 0 aliphatic carbocycles. The van der Waals surface area contributed by atoms with E-state index in [0.29, 0.717) is 18.0 Å². The fraction of sp³-hybridized carbons (Fsp3) is 0.667. The van der Waals surface area contributed by atoms with Gasteiger partial charge in [0.25, 0.3) is 0 Å². The van der Waals surface area contributed by atoms with E-state index >= 15 is 0 Å². The molecule has 118 valence electrons. The molecule has 0 spiro atoms. The molecule has 2 nitrogen and oxygen atoms in total. The molecule has 2 unspecified atom stereocenters. The van der Waals surface area contributed by atoms with Gasteiger partial charge in [0, 0.05) is 36.4 Å². The smallest absolute Gasteiger partial charge is 0.128 e. The zero-order valence-electron chi connectivity index (χ0n) is 14.2. The third kappa shape index (κ3) is 3.39. The maximum atomic E-state index is 14.0. The minimum absolute atomic E-state index is 0.110. The Hall–Kier alpha value is -1.09. The predicted molar refractivity (Wildman–Crippen MR) is 88.4 cm³/mol. The van der Waals surface area contributed by atoms with Gasteiger partial charge in [-0.15, -0.1) is 0 Å². The van der Waals surface area contributed by atoms with Gasteiger partial charge in [-0.25, -0.2) is 4.39 Å². The molecule has 0 saturated carbocycles. The molecule has 1 saturated heterocycles. The highest BCUT2D eigenvalue weighted by Crippen LogP contribution is 2.31. The van der Waals surface area contributed by atoms with E-state index in [1.165, 1.54) is 0 Å². The van der Waals surface area contributed by atoms with E-state index in [9.17, 15) is 4.39 Å². The van der Waals surface area contributed by atoms with Crippen LogP contribution in [0.15, 0.2) is 18.2 Å². The summed E-state index contributed by atoms with van der Waals surface area (Å²) in [6.45, 7) is 15.0. The summed E-state index contributed by atoms with van der Waals surface area (Å²) in [5, 5.41) is 3.69. The number of nitrogens with zero attached hydrogens (tertiary/aromatic N) is 1. The summed E-state index contributed by atoms with van der Waals surface area (Å²) >= 11 is 0. The molecular weight excluding hydrogens is 263 g/mol. The second kappa shape index (κ2) is 5.96. The molecule has 1 aromatic carbocycles. The van der Waals surface area contributed by atoms with Crippen molar-refractivity contribution in [2.45, 2.75) is 53.6 Å². The normalized spacial score (nSPS) is 23.7. The summed E-state index contributed by atoms with van der Waals surface area (Å²) in [4.78, 5) is 2.41. The van der Waals surface area contributed by atoms with E-state index in [-0.39, 0.29) is 11.2 Å². The fourth-order valence-electron chi connectivity index (χ4n) is 3.13. The monoisotopic (exact) mass is 292 g/mol. The molecular formula is C18H29FN2. The van der Waals surface area contributed by atoms with Crippen molar-refractivity contribution >= 4 is 5.69 Å². The van der Waals surface area contributed by atoms with Crippen LogP contribution in [0.1, 0.15) is 40.2 Å². The van der Waals surface area contributed by atoms with Crippen LogP contribution in [0.2, 0.25) is 0 Å². The molecule has 1 aromatic rings. The fourth-order valence-corrected chi connectivity index (χ4v) is 3.13. The Morgan fingerprint density at radius 1 is 1.29 bits per heavy atom. The Kier molecular flexibility index (Phi) is 4.62. The third-order valence-electron chi connectivity index (χ3n) is 4.72. The first kappa shape index (κ1) is 16.3. The molecule has 2 rings (SSSR count). The van der Waals surface area contributed by atoms with Gasteiger partial charge in [-0.3, -0.25) is 0 Å². The molecule has 0 aromatic heterocycles. The highest BCUT2D eigenvalue weighted by atomic mass is 19.1. The van der Waals surface area contributed by atoms with Crippen molar-refractivity contribution in [2.24, 2.45) is 11.3 Å². The maximum absolute atomic E-state index is 14.0. The molecule has 1 heterocycles. The molecule has 2 atom stereocenters. The topological polar surface area (TPSA) is 15.3 Å². The molecule has 1 fully saturated rings. The molecule has 1 N–H and O–H groups in total. The number of halogens is 1. The molecule has 0 radical (unpaired) electrons. The van der Waals surface area contributed by atoms with Crippen molar-refractivity contribution in [2.75, 3.05) is 18.0 Å². The van der Waals surface area contributed by atoms with Crippen LogP contribution < -0.4 is 10.2 Å². The van der Waals surface area contributed by atoms with Gasteiger partial charge in [0.15, 0.2) is 0 Å². The zero-order valence-corrected chi connectivity index (χ0v) is 14.2. The Bertz CT molecular complexity index is 490. The Morgan fingerprint density at radius 3 is 2.52 bits per heavy atom. The van der Waals surface area contributed by atoms with Crippen LogP contribution in [0.3, 0.4) is 0 Å². The predicted octanol–water partition coefficient (Wildman–Crippen LogP) is 3.98. The molecule has 1 aliphatic rings. The molecule has 0 bridgehead atoms. The van der Waals surface area contributed by atoms with Crippen molar-refractivity contribution in [1.29, 1.82) is 0 Å². The van der Waals surface area contributed by atoms with E-state index in [0.717, 1.165) is 24.3 Å². The van der Waals surface area contributed by atoms with Gasteiger partial charge < -0.3 is 10.2 Å². The highest BCUT2D eigenvalue weighted by molar-refractivity contribution is 5.55. The summed E-state index contributed by atoms with van der Waals surface area (Å²) < 4.78 is 14.0. The van der Waals surface area contributed by atoms with Crippen LogP contribution in [0.25, 0.3) is 0 Å². The van der Waals surface area contributed by atoms with Crippen molar-refractivity contribution in [3.8, 4) is 0 Å². The van der Waals surface area contributed by atoms with E-state index in [4.69, 9.17) is 0 Å². The lowest BCUT2D eigenvalue weighted by Crippen LogP contribution is -2.62. The van der Waals surface area contributed by atoms with Gasteiger partial charge >= 0.3 is 0 Å². The summed E-state index contributed by atoms with van der Waals surface area (Å²) in [5.41, 5.74) is 2.00. The summed E-state index contributed by atoms with van der Waals surface area (Å²) in [6.07, 6.45) is 0. The van der Waals surface area contributed by atoms with Gasteiger partial charge in [0.2, 0.25) is 0 Å². The number of hydrogen-bond donors (Lipinski definition) is 1. The summed E-state index contributed by atoms with van der Waals surface area (Å²) in [7, 11) is 0. The van der Waals surface area contributed by atoms with E-state index in [1.807, 2.05) is 13.0 Å². The maximum Gasteiger partial charge on any atom is 0.128 e. The van der Waals surface area contributed by atoms with Gasteiger partial charge in [-0.1, -0.05) is 40.7 Å². The van der Waals surface area contributed by atoms with Crippen LogP contribution in [0, 0.1) is 24.1 Å². The van der Waals surface area contributed by atoms with Crippen molar-refractivity contribution in [3.05, 3.63) is 29.6 Å². The largest absolute Gasteiger partial charge is 0.365 e. The van der Waals surface area contributed by atoms with Crippen LogP contribution in [-0.4, -0.2) is 25.2 Å². The van der Waals surface area contributed by atoms with Gasteiger partial charge in [-0.2, -0.15) is 0 Å². The number of anilines is 1. The molecule has 21 heavy (non-hydrogen) atoms. The number of rotatable bonds is 2. The molecule has 0 amide bonds. The van der Waals surface area contributed by atoms with E-state index in [2.05, 4.69) is 50.9 Å². The summed E-state index contributed by atoms with van der Waals surface area (Å²) in [6, 6.07) is 6.24. The van der Waals surface area contributed by atoms with Crippen LogP contribution in [0.4, 0.5) is 10.1 Å². The van der Waals surface area contributed by atoms with Gasteiger partial charge in [-0.05, 0) is 30.4 Å². The second-order valence-electron chi connectivity index (χ2n) is 7.67. The first-order valence-corrected chi connectivity index (χ1v) is 7.97. The van der Waals surface area contributed by atoms with Gasteiger partial charge in [0.1, 0.15) is 5.82 Å². The number of hydrogen-bond acceptors (Lipinski definition) is 2. The lowest BCUT2D eigenvalue weighted by molar-refractivity contribution is 0.220. The Balaban J connectivity index is 2.36. The first-order valence-electron chi connectivity index (χ1n) is 7.97. The number of piperazine rings is 1. The number of benzene rings is 1. The lowest BCUT2D eigenvalue weighted by atomic mass is 9.83. The second-order valence-corrected chi connectivity index (χ2v) is 7.67. The Labute approximate surface area is 128 Å². The minimum atomic E-state index is -0.110. The van der Waals surface area contributed by atoms with Crippen LogP contribution in [-0.2, 0) is 0 Å². The minimum Gasteiger partial charge on any atom is -0.365 e. The third-order valence-corrected chi connectivity index (χ3v) is 4.72. The highest BCUT2D eigenvalue weighted by Gasteiger charge is 2.35. The number of nitrogens with one attached hydrogen (secondary N) is 1. The standard InChI is InChI=1S/C18H29FN2/c1-12(2)16-10-20-17(18(4,5)6)11-21(16)15-9-7-8-14(19)13(15)3/h7-9,12,16-17,20H,10-11H2,1-6H3. The molecule has 3 heteroatoms. The first-order chi connectivity index (χ1) is 9.71. The SMILES string of the molecule is Cc1c(F)cccc1N1CC(C(C)(C)C)NCC1C(C)C. The van der Waals surface area contributed by atoms with Crippen molar-refractivity contribution in [1.82, 2.24) is 5.32 Å². The Morgan fingerprint density at radius 2 is 1.95 bits per heavy atom.